The molecule has 3 aromatic heterocycles. The molecule has 0 aliphatic carbocycles. The highest BCUT2D eigenvalue weighted by Gasteiger charge is 2.20. The van der Waals surface area contributed by atoms with Gasteiger partial charge < -0.3 is 14.8 Å². The van der Waals surface area contributed by atoms with Crippen LogP contribution in [0.4, 0.5) is 4.79 Å². The zero-order valence-corrected chi connectivity index (χ0v) is 28.4. The van der Waals surface area contributed by atoms with E-state index >= 15 is 0 Å². The van der Waals surface area contributed by atoms with Gasteiger partial charge in [0.15, 0.2) is 17.2 Å². The number of nitrogens with one attached hydrogen (secondary N) is 2. The van der Waals surface area contributed by atoms with E-state index in [0.717, 1.165) is 28.3 Å². The Balaban J connectivity index is 1.20. The first-order valence-corrected chi connectivity index (χ1v) is 16.1. The molecule has 53 heavy (non-hydrogen) atoms. The number of hydrogen-bond acceptors (Lipinski definition) is 18. The van der Waals surface area contributed by atoms with E-state index in [0.29, 0.717) is 35.6 Å². The van der Waals surface area contributed by atoms with E-state index in [1.807, 2.05) is 48.5 Å². The number of amides is 1. The first kappa shape index (κ1) is 38.5. The fourth-order valence-corrected chi connectivity index (χ4v) is 5.41. The number of H-pyrrole nitrogens is 1. The summed E-state index contributed by atoms with van der Waals surface area (Å²) in [6, 6.07) is 16.5. The lowest BCUT2D eigenvalue weighted by Crippen LogP contribution is -2.33. The van der Waals surface area contributed by atoms with Gasteiger partial charge in [0.2, 0.25) is 0 Å². The average molecular weight is 737 g/mol. The first-order valence-electron chi connectivity index (χ1n) is 16.1. The van der Waals surface area contributed by atoms with Gasteiger partial charge in [0.05, 0.1) is 35.0 Å². The largest absolute Gasteiger partial charge is 0.464 e. The normalized spacial score (nSPS) is 12.0. The molecule has 6 N–H and O–H groups in total. The highest BCUT2D eigenvalue weighted by atomic mass is 17.1. The Kier molecular flexibility index (Phi) is 13.1. The molecule has 1 amide bonds. The Morgan fingerprint density at radius 3 is 2.43 bits per heavy atom. The minimum Gasteiger partial charge on any atom is -0.464 e. The number of carbonyl (C=O) groups excluding carboxylic acids is 2. The summed E-state index contributed by atoms with van der Waals surface area (Å²) in [4.78, 5) is 56.3. The fraction of sp³-hybridized carbons (Fsp3) is 0.312. The standard InChI is InChI=1S/C32H36N10O11/c1-19-29-26(52-32(45)33-16-28(44)50-14-6-5-7-23(53-42(48)49)18-51-41(46)47)15-27(43)40(31(29)35-20(2)34-19)17-21-10-12-22(13-11-21)24-8-3-4-9-25(24)30-36-38-39-37-30/h3-4,8-13,15,23,46-49H,5-7,14,16-18H2,1-2H3,(H,33,45)(H,36,37,38,39). The quantitative estimate of drug-likeness (QED) is 0.0454. The van der Waals surface area contributed by atoms with E-state index in [9.17, 15) is 14.4 Å². The molecule has 0 bridgehead atoms. The molecule has 5 rings (SSSR count). The van der Waals surface area contributed by atoms with Gasteiger partial charge in [-0.2, -0.15) is 0 Å². The number of carbonyl (C=O) groups is 2. The summed E-state index contributed by atoms with van der Waals surface area (Å²) in [6.45, 7) is 2.52. The van der Waals surface area contributed by atoms with E-state index in [1.165, 1.54) is 4.57 Å². The molecule has 1 atom stereocenters. The number of tetrazole rings is 1. The van der Waals surface area contributed by atoms with Gasteiger partial charge in [-0.05, 0) is 60.2 Å². The molecule has 5 aromatic rings. The second kappa shape index (κ2) is 18.1. The zero-order chi connectivity index (χ0) is 37.9. The van der Waals surface area contributed by atoms with E-state index in [-0.39, 0.29) is 31.0 Å². The topological polar surface area (TPSA) is 273 Å². The van der Waals surface area contributed by atoms with E-state index in [2.05, 4.69) is 45.6 Å². The molecule has 0 spiro atoms. The van der Waals surface area contributed by atoms with Crippen molar-refractivity contribution in [1.82, 2.24) is 51.3 Å². The number of fused-ring (bicyclic) bond motifs is 1. The molecule has 3 heterocycles. The van der Waals surface area contributed by atoms with E-state index < -0.39 is 47.7 Å². The summed E-state index contributed by atoms with van der Waals surface area (Å²) in [5, 5.41) is 50.6. The number of benzene rings is 2. The van der Waals surface area contributed by atoms with Crippen molar-refractivity contribution in [3.8, 4) is 28.3 Å². The van der Waals surface area contributed by atoms with Gasteiger partial charge in [0, 0.05) is 11.6 Å². The van der Waals surface area contributed by atoms with Crippen LogP contribution < -0.4 is 15.6 Å². The number of esters is 1. The maximum Gasteiger partial charge on any atom is 0.413 e. The maximum atomic E-state index is 13.5. The van der Waals surface area contributed by atoms with Crippen LogP contribution >= 0.6 is 0 Å². The van der Waals surface area contributed by atoms with Crippen LogP contribution in [-0.4, -0.2) is 105 Å². The molecule has 0 fully saturated rings. The number of pyridine rings is 1. The summed E-state index contributed by atoms with van der Waals surface area (Å²) in [5.41, 5.74) is 3.69. The molecule has 1 unspecified atom stereocenters. The first-order chi connectivity index (χ1) is 25.5. The minimum absolute atomic E-state index is 0.0492. The summed E-state index contributed by atoms with van der Waals surface area (Å²) in [6.07, 6.45) is -1.16. The summed E-state index contributed by atoms with van der Waals surface area (Å²) in [5.74, 6) is 0.0762. The van der Waals surface area contributed by atoms with Crippen LogP contribution in [0.25, 0.3) is 33.5 Å². The molecule has 21 nitrogen and oxygen atoms in total. The van der Waals surface area contributed by atoms with Crippen LogP contribution in [0.15, 0.2) is 59.4 Å². The molecule has 280 valence electrons. The average Bonchev–Trinajstić information content (AvgIpc) is 3.66. The smallest absolute Gasteiger partial charge is 0.413 e. The van der Waals surface area contributed by atoms with Gasteiger partial charge in [-0.25, -0.2) is 29.5 Å². The number of aryl methyl sites for hydroxylation is 2. The molecular weight excluding hydrogens is 700 g/mol. The molecule has 0 saturated heterocycles. The highest BCUT2D eigenvalue weighted by Crippen LogP contribution is 2.30. The van der Waals surface area contributed by atoms with Crippen LogP contribution in [0.5, 0.6) is 5.75 Å². The Bertz CT molecular complexity index is 2060. The van der Waals surface area contributed by atoms with Gasteiger partial charge in [0.1, 0.15) is 25.1 Å². The summed E-state index contributed by atoms with van der Waals surface area (Å²) in [7, 11) is 0. The van der Waals surface area contributed by atoms with E-state index in [1.54, 1.807) is 13.8 Å². The second-order valence-corrected chi connectivity index (χ2v) is 11.5. The molecule has 2 aromatic carbocycles. The third-order valence-electron chi connectivity index (χ3n) is 7.72. The lowest BCUT2D eigenvalue weighted by atomic mass is 9.98. The predicted molar refractivity (Wildman–Crippen MR) is 178 cm³/mol. The third kappa shape index (κ3) is 10.6. The van der Waals surface area contributed by atoms with Gasteiger partial charge in [0.25, 0.3) is 5.56 Å². The van der Waals surface area contributed by atoms with Crippen molar-refractivity contribution in [2.24, 2.45) is 0 Å². The molecule has 21 heteroatoms. The number of rotatable bonds is 17. The van der Waals surface area contributed by atoms with Gasteiger partial charge >= 0.3 is 12.1 Å². The number of ether oxygens (including phenoxy) is 2. The van der Waals surface area contributed by atoms with Crippen molar-refractivity contribution in [3.63, 3.8) is 0 Å². The number of aromatic nitrogens is 7. The maximum absolute atomic E-state index is 13.5. The van der Waals surface area contributed by atoms with E-state index in [4.69, 9.17) is 30.3 Å². The van der Waals surface area contributed by atoms with Crippen LogP contribution in [0, 0.1) is 13.8 Å². The Hall–Kier alpha value is -5.78. The van der Waals surface area contributed by atoms with Crippen molar-refractivity contribution < 1.29 is 49.6 Å². The van der Waals surface area contributed by atoms with Crippen LogP contribution in [0.2, 0.25) is 0 Å². The molecule has 0 aliphatic rings. The monoisotopic (exact) mass is 736 g/mol. The Morgan fingerprint density at radius 2 is 1.74 bits per heavy atom. The molecule has 0 saturated carbocycles. The number of aromatic amines is 1. The molecule has 0 radical (unpaired) electrons. The summed E-state index contributed by atoms with van der Waals surface area (Å²) < 4.78 is 12.0. The van der Waals surface area contributed by atoms with Crippen LogP contribution in [0.3, 0.4) is 0 Å². The SMILES string of the molecule is Cc1nc(C)c2c(OC(=O)NCC(=O)OCCCCC(CON(O)O)ON(O)O)cc(=O)n(Cc3ccc(-c4ccccc4-c4nnn[nH]4)cc3)c2n1. The number of hydrogen-bond donors (Lipinski definition) is 6. The van der Waals surface area contributed by atoms with Gasteiger partial charge in [-0.3, -0.25) is 35.0 Å². The third-order valence-corrected chi connectivity index (χ3v) is 7.72. The van der Waals surface area contributed by atoms with Gasteiger partial charge in [-0.15, -0.1) is 5.10 Å². The Labute approximate surface area is 299 Å². The number of unbranched alkanes of at least 4 members (excludes halogenated alkanes) is 1. The van der Waals surface area contributed by atoms with Crippen LogP contribution in [-0.2, 0) is 25.8 Å². The van der Waals surface area contributed by atoms with Crippen molar-refractivity contribution >= 4 is 23.1 Å². The number of nitrogens with zero attached hydrogens (tertiary/aromatic N) is 8. The van der Waals surface area contributed by atoms with Crippen molar-refractivity contribution in [2.45, 2.75) is 45.8 Å². The molecule has 0 aliphatic heterocycles. The predicted octanol–water partition coefficient (Wildman–Crippen LogP) is 2.50. The fourth-order valence-electron chi connectivity index (χ4n) is 5.41. The van der Waals surface area contributed by atoms with Crippen molar-refractivity contribution in [1.29, 1.82) is 0 Å². The van der Waals surface area contributed by atoms with Crippen LogP contribution in [0.1, 0.15) is 36.3 Å². The second-order valence-electron chi connectivity index (χ2n) is 11.5. The Morgan fingerprint density at radius 1 is 0.981 bits per heavy atom. The molecular formula is C32H36N10O11. The van der Waals surface area contributed by atoms with Gasteiger partial charge in [-0.1, -0.05) is 48.5 Å². The lowest BCUT2D eigenvalue weighted by molar-refractivity contribution is -0.527. The highest BCUT2D eigenvalue weighted by molar-refractivity contribution is 5.88. The summed E-state index contributed by atoms with van der Waals surface area (Å²) >= 11 is 0. The minimum atomic E-state index is -1.02. The lowest BCUT2D eigenvalue weighted by Gasteiger charge is -2.18. The van der Waals surface area contributed by atoms with Crippen molar-refractivity contribution in [2.75, 3.05) is 19.8 Å². The zero-order valence-electron chi connectivity index (χ0n) is 28.4. The van der Waals surface area contributed by atoms with Crippen molar-refractivity contribution in [3.05, 3.63) is 82.0 Å².